The van der Waals surface area contributed by atoms with Crippen LogP contribution in [0.5, 0.6) is 0 Å². The molecule has 2 N–H and O–H groups in total. The first kappa shape index (κ1) is 9.62. The topological polar surface area (TPSA) is 88.5 Å². The molecule has 1 amide bonds. The van der Waals surface area contributed by atoms with E-state index in [0.717, 1.165) is 11.3 Å². The van der Waals surface area contributed by atoms with Gasteiger partial charge in [-0.15, -0.1) is 11.3 Å². The van der Waals surface area contributed by atoms with Gasteiger partial charge < -0.3 is 5.11 Å². The van der Waals surface area contributed by atoms with Crippen LogP contribution in [-0.2, 0) is 9.63 Å². The fourth-order valence-corrected chi connectivity index (χ4v) is 1.05. The monoisotopic (exact) mass is 202 g/mol. The Morgan fingerprint density at radius 3 is 3.00 bits per heavy atom. The largest absolute Gasteiger partial charge is 0.479 e. The zero-order valence-corrected chi connectivity index (χ0v) is 7.21. The predicted molar refractivity (Wildman–Crippen MR) is 43.2 cm³/mol. The van der Waals surface area contributed by atoms with Crippen LogP contribution >= 0.6 is 11.3 Å². The summed E-state index contributed by atoms with van der Waals surface area (Å²) in [5, 5.41) is 8.17. The zero-order chi connectivity index (χ0) is 9.68. The number of hydrogen-bond donors (Lipinski definition) is 2. The van der Waals surface area contributed by atoms with Crippen LogP contribution in [0.4, 0.5) is 0 Å². The third-order valence-electron chi connectivity index (χ3n) is 1.02. The molecule has 0 saturated carbocycles. The number of carbonyl (C=O) groups is 2. The molecule has 0 atom stereocenters. The van der Waals surface area contributed by atoms with Crippen LogP contribution in [0.2, 0.25) is 0 Å². The quantitative estimate of drug-likeness (QED) is 0.665. The van der Waals surface area contributed by atoms with E-state index in [-0.39, 0.29) is 0 Å². The average molecular weight is 202 g/mol. The number of hydrogen-bond acceptors (Lipinski definition) is 5. The molecule has 0 bridgehead atoms. The number of carbonyl (C=O) groups excluding carboxylic acids is 1. The molecule has 1 heterocycles. The van der Waals surface area contributed by atoms with Crippen molar-refractivity contribution in [1.29, 1.82) is 0 Å². The number of aromatic nitrogens is 1. The van der Waals surface area contributed by atoms with Crippen LogP contribution in [0, 0.1) is 0 Å². The van der Waals surface area contributed by atoms with E-state index >= 15 is 0 Å². The van der Waals surface area contributed by atoms with E-state index in [1.807, 2.05) is 5.48 Å². The molecular formula is C6H6N2O4S. The number of aliphatic carboxylic acids is 1. The van der Waals surface area contributed by atoms with E-state index in [4.69, 9.17) is 5.11 Å². The molecule has 0 aliphatic heterocycles. The Kier molecular flexibility index (Phi) is 3.35. The van der Waals surface area contributed by atoms with Gasteiger partial charge in [0.15, 0.2) is 6.61 Å². The summed E-state index contributed by atoms with van der Waals surface area (Å²) in [6, 6.07) is 0. The Balaban J connectivity index is 2.31. The summed E-state index contributed by atoms with van der Waals surface area (Å²) < 4.78 is 0. The van der Waals surface area contributed by atoms with Crippen molar-refractivity contribution in [2.75, 3.05) is 6.61 Å². The molecule has 0 unspecified atom stereocenters. The van der Waals surface area contributed by atoms with Gasteiger partial charge in [-0.3, -0.25) is 14.6 Å². The van der Waals surface area contributed by atoms with E-state index < -0.39 is 18.5 Å². The van der Waals surface area contributed by atoms with Crippen molar-refractivity contribution in [3.63, 3.8) is 0 Å². The highest BCUT2D eigenvalue weighted by atomic mass is 32.1. The van der Waals surface area contributed by atoms with Crippen molar-refractivity contribution in [3.8, 4) is 0 Å². The number of rotatable bonds is 4. The van der Waals surface area contributed by atoms with Gasteiger partial charge in [0.25, 0.3) is 5.91 Å². The van der Waals surface area contributed by atoms with Crippen LogP contribution in [0.15, 0.2) is 11.7 Å². The SMILES string of the molecule is O=C(O)CONC(=O)c1cncs1. The van der Waals surface area contributed by atoms with Crippen LogP contribution in [-0.4, -0.2) is 28.6 Å². The van der Waals surface area contributed by atoms with Crippen molar-refractivity contribution >= 4 is 23.2 Å². The molecule has 70 valence electrons. The number of nitrogens with one attached hydrogen (secondary N) is 1. The van der Waals surface area contributed by atoms with Gasteiger partial charge in [0.2, 0.25) is 0 Å². The van der Waals surface area contributed by atoms with Crippen molar-refractivity contribution in [1.82, 2.24) is 10.5 Å². The second kappa shape index (κ2) is 4.53. The summed E-state index contributed by atoms with van der Waals surface area (Å²) in [5.74, 6) is -1.65. The molecule has 13 heavy (non-hydrogen) atoms. The summed E-state index contributed by atoms with van der Waals surface area (Å²) in [6.45, 7) is -0.565. The predicted octanol–water partition coefficient (Wildman–Crippen LogP) is -0.111. The highest BCUT2D eigenvalue weighted by molar-refractivity contribution is 7.11. The highest BCUT2D eigenvalue weighted by Gasteiger charge is 2.07. The lowest BCUT2D eigenvalue weighted by Crippen LogP contribution is -2.25. The number of thiazole rings is 1. The first-order chi connectivity index (χ1) is 6.20. The molecule has 1 aromatic rings. The van der Waals surface area contributed by atoms with Crippen LogP contribution in [0.25, 0.3) is 0 Å². The maximum absolute atomic E-state index is 11.0. The van der Waals surface area contributed by atoms with Crippen LogP contribution in [0.1, 0.15) is 9.67 Å². The standard InChI is InChI=1S/C6H6N2O4S/c9-5(10)2-12-8-6(11)4-1-7-3-13-4/h1,3H,2H2,(H,8,11)(H,9,10). The van der Waals surface area contributed by atoms with Crippen molar-refractivity contribution < 1.29 is 19.5 Å². The Labute approximate surface area is 77.1 Å². The van der Waals surface area contributed by atoms with Gasteiger partial charge in [-0.25, -0.2) is 10.3 Å². The molecule has 6 nitrogen and oxygen atoms in total. The molecule has 1 aromatic heterocycles. The van der Waals surface area contributed by atoms with Gasteiger partial charge in [-0.2, -0.15) is 0 Å². The third kappa shape index (κ3) is 3.18. The smallest absolute Gasteiger partial charge is 0.332 e. The van der Waals surface area contributed by atoms with E-state index in [2.05, 4.69) is 9.82 Å². The lowest BCUT2D eigenvalue weighted by Gasteiger charge is -1.99. The molecule has 1 rings (SSSR count). The van der Waals surface area contributed by atoms with Gasteiger partial charge >= 0.3 is 5.97 Å². The minimum atomic E-state index is -1.15. The fourth-order valence-electron chi connectivity index (χ4n) is 0.542. The maximum Gasteiger partial charge on any atom is 0.332 e. The summed E-state index contributed by atoms with van der Waals surface area (Å²) >= 11 is 1.14. The normalized spacial score (nSPS) is 9.54. The van der Waals surface area contributed by atoms with E-state index in [9.17, 15) is 9.59 Å². The minimum Gasteiger partial charge on any atom is -0.479 e. The average Bonchev–Trinajstić information content (AvgIpc) is 2.55. The lowest BCUT2D eigenvalue weighted by atomic mass is 10.5. The number of carboxylic acids is 1. The molecule has 0 aromatic carbocycles. The van der Waals surface area contributed by atoms with E-state index in [1.165, 1.54) is 11.7 Å². The lowest BCUT2D eigenvalue weighted by molar-refractivity contribution is -0.144. The molecule has 0 radical (unpaired) electrons. The molecule has 7 heteroatoms. The van der Waals surface area contributed by atoms with Crippen molar-refractivity contribution in [2.45, 2.75) is 0 Å². The van der Waals surface area contributed by atoms with E-state index in [1.54, 1.807) is 0 Å². The third-order valence-corrected chi connectivity index (χ3v) is 1.79. The Morgan fingerprint density at radius 1 is 1.69 bits per heavy atom. The summed E-state index contributed by atoms with van der Waals surface area (Å²) in [6.07, 6.45) is 1.37. The van der Waals surface area contributed by atoms with Gasteiger partial charge in [0, 0.05) is 0 Å². The van der Waals surface area contributed by atoms with E-state index in [0.29, 0.717) is 4.88 Å². The molecule has 0 saturated heterocycles. The second-order valence-electron chi connectivity index (χ2n) is 1.98. The maximum atomic E-state index is 11.0. The van der Waals surface area contributed by atoms with Gasteiger partial charge in [-0.05, 0) is 0 Å². The Hall–Kier alpha value is -1.47. The number of hydroxylamine groups is 1. The Bertz CT molecular complexity index is 298. The van der Waals surface area contributed by atoms with Gasteiger partial charge in [0.05, 0.1) is 11.7 Å². The second-order valence-corrected chi connectivity index (χ2v) is 2.87. The number of nitrogens with zero attached hydrogens (tertiary/aromatic N) is 1. The summed E-state index contributed by atoms with van der Waals surface area (Å²) in [5.41, 5.74) is 3.46. The van der Waals surface area contributed by atoms with Gasteiger partial charge in [-0.1, -0.05) is 0 Å². The van der Waals surface area contributed by atoms with Gasteiger partial charge in [0.1, 0.15) is 4.88 Å². The zero-order valence-electron chi connectivity index (χ0n) is 6.39. The fraction of sp³-hybridized carbons (Fsp3) is 0.167. The highest BCUT2D eigenvalue weighted by Crippen LogP contribution is 2.03. The molecular weight excluding hydrogens is 196 g/mol. The first-order valence-electron chi connectivity index (χ1n) is 3.22. The van der Waals surface area contributed by atoms with Crippen LogP contribution in [0.3, 0.4) is 0 Å². The minimum absolute atomic E-state index is 0.366. The number of amides is 1. The molecule has 0 spiro atoms. The summed E-state index contributed by atoms with van der Waals surface area (Å²) in [7, 11) is 0. The summed E-state index contributed by atoms with van der Waals surface area (Å²) in [4.78, 5) is 29.4. The number of carboxylic acid groups (broad SMARTS) is 1. The molecule has 0 aliphatic carbocycles. The van der Waals surface area contributed by atoms with Crippen LogP contribution < -0.4 is 5.48 Å². The molecule has 0 aliphatic rings. The molecule has 0 fully saturated rings. The Morgan fingerprint density at radius 2 is 2.46 bits per heavy atom. The first-order valence-corrected chi connectivity index (χ1v) is 4.10. The van der Waals surface area contributed by atoms with Crippen molar-refractivity contribution in [2.24, 2.45) is 0 Å². The van der Waals surface area contributed by atoms with Crippen molar-refractivity contribution in [3.05, 3.63) is 16.6 Å².